The quantitative estimate of drug-likeness (QED) is 0.799. The first-order valence-corrected chi connectivity index (χ1v) is 8.26. The molecule has 10 heteroatoms. The van der Waals surface area contributed by atoms with E-state index in [-0.39, 0.29) is 36.7 Å². The number of hydrogen-bond acceptors (Lipinski definition) is 6. The summed E-state index contributed by atoms with van der Waals surface area (Å²) < 4.78 is 36.7. The smallest absolute Gasteiger partial charge is 0.417 e. The van der Waals surface area contributed by atoms with Crippen LogP contribution >= 0.6 is 0 Å². The summed E-state index contributed by atoms with van der Waals surface area (Å²) in [7, 11) is -3.92. The van der Waals surface area contributed by atoms with Gasteiger partial charge in [-0.25, -0.2) is 13.2 Å². The van der Waals surface area contributed by atoms with Crippen molar-refractivity contribution < 1.29 is 27.5 Å². The van der Waals surface area contributed by atoms with Gasteiger partial charge < -0.3 is 14.3 Å². The highest BCUT2D eigenvalue weighted by molar-refractivity contribution is 7.89. The van der Waals surface area contributed by atoms with Crippen LogP contribution in [0.1, 0.15) is 6.42 Å². The van der Waals surface area contributed by atoms with E-state index < -0.39 is 27.8 Å². The molecule has 0 spiro atoms. The highest BCUT2D eigenvalue weighted by Gasteiger charge is 2.35. The molecule has 124 valence electrons. The van der Waals surface area contributed by atoms with Gasteiger partial charge in [0.2, 0.25) is 10.0 Å². The number of rotatable bonds is 4. The van der Waals surface area contributed by atoms with Gasteiger partial charge in [0, 0.05) is 12.6 Å². The maximum atomic E-state index is 12.8. The van der Waals surface area contributed by atoms with Crippen molar-refractivity contribution in [1.82, 2.24) is 9.29 Å². The summed E-state index contributed by atoms with van der Waals surface area (Å²) in [6.07, 6.45) is -0.347. The van der Waals surface area contributed by atoms with Gasteiger partial charge in [-0.3, -0.25) is 9.78 Å². The number of carbonyl (C=O) groups is 1. The number of hydrogen-bond donors (Lipinski definition) is 2. The van der Waals surface area contributed by atoms with Crippen molar-refractivity contribution >= 4 is 27.1 Å². The number of aliphatic carboxylic acids is 1. The Bertz CT molecular complexity index is 898. The average molecular weight is 342 g/mol. The van der Waals surface area contributed by atoms with Crippen molar-refractivity contribution in [2.75, 3.05) is 19.8 Å². The lowest BCUT2D eigenvalue weighted by molar-refractivity contribution is -0.139. The molecule has 0 aliphatic carbocycles. The second kappa shape index (κ2) is 5.80. The van der Waals surface area contributed by atoms with E-state index in [2.05, 4.69) is 4.98 Å². The Hall–Kier alpha value is -2.17. The lowest BCUT2D eigenvalue weighted by atomic mass is 10.2. The number of nitrogens with one attached hydrogen (secondary N) is 1. The van der Waals surface area contributed by atoms with Crippen LogP contribution in [0.2, 0.25) is 0 Å². The topological polar surface area (TPSA) is 130 Å². The number of morpholine rings is 1. The summed E-state index contributed by atoms with van der Waals surface area (Å²) in [5.74, 6) is -1.78. The molecular formula is C13H14N2O7S. The van der Waals surface area contributed by atoms with Gasteiger partial charge in [0.1, 0.15) is 0 Å². The third-order valence-corrected chi connectivity index (χ3v) is 5.53. The molecule has 1 aromatic heterocycles. The monoisotopic (exact) mass is 342 g/mol. The van der Waals surface area contributed by atoms with Crippen LogP contribution in [0, 0.1) is 0 Å². The van der Waals surface area contributed by atoms with Crippen LogP contribution in [-0.2, 0) is 19.6 Å². The van der Waals surface area contributed by atoms with E-state index in [1.807, 2.05) is 0 Å². The molecule has 1 unspecified atom stereocenters. The molecule has 23 heavy (non-hydrogen) atoms. The van der Waals surface area contributed by atoms with Crippen LogP contribution in [0.4, 0.5) is 0 Å². The van der Waals surface area contributed by atoms with Gasteiger partial charge in [0.15, 0.2) is 5.58 Å². The molecule has 2 N–H and O–H groups in total. The number of sulfonamides is 1. The third-order valence-electron chi connectivity index (χ3n) is 3.58. The van der Waals surface area contributed by atoms with Crippen LogP contribution in [0.5, 0.6) is 0 Å². The summed E-state index contributed by atoms with van der Waals surface area (Å²) in [6, 6.07) is 3.24. The lowest BCUT2D eigenvalue weighted by Crippen LogP contribution is -2.49. The molecule has 9 nitrogen and oxygen atoms in total. The first kappa shape index (κ1) is 15.7. The molecule has 3 rings (SSSR count). The molecular weight excluding hydrogens is 328 g/mol. The predicted octanol–water partition coefficient (Wildman–Crippen LogP) is -0.0147. The van der Waals surface area contributed by atoms with E-state index >= 15 is 0 Å². The number of ether oxygens (including phenoxy) is 1. The van der Waals surface area contributed by atoms with Crippen molar-refractivity contribution in [1.29, 1.82) is 0 Å². The Morgan fingerprint density at radius 2 is 2.22 bits per heavy atom. The van der Waals surface area contributed by atoms with Crippen molar-refractivity contribution in [3.05, 3.63) is 28.7 Å². The zero-order chi connectivity index (χ0) is 16.6. The molecule has 0 saturated carbocycles. The van der Waals surface area contributed by atoms with Crippen LogP contribution in [0.3, 0.4) is 0 Å². The minimum absolute atomic E-state index is 0.0208. The number of fused-ring (bicyclic) bond motifs is 1. The Kier molecular flexibility index (Phi) is 3.96. The molecule has 2 aromatic rings. The van der Waals surface area contributed by atoms with Gasteiger partial charge in [-0.05, 0) is 12.1 Å². The fraction of sp³-hybridized carbons (Fsp3) is 0.385. The number of carboxylic acid groups (broad SMARTS) is 1. The number of H-pyrrole nitrogens is 1. The van der Waals surface area contributed by atoms with Gasteiger partial charge in [-0.2, -0.15) is 4.31 Å². The summed E-state index contributed by atoms with van der Waals surface area (Å²) in [6.45, 7) is 0.277. The number of carboxylic acids is 1. The van der Waals surface area contributed by atoms with Gasteiger partial charge in [-0.1, -0.05) is 0 Å². The minimum atomic E-state index is -3.92. The standard InChI is InChI=1S/C13H14N2O7S/c16-12(17)5-8-7-21-4-3-15(8)23(19,20)9-1-2-10-11(6-9)22-13(18)14-10/h1-2,6,8H,3-5,7H2,(H,14,18)(H,16,17). The first-order valence-electron chi connectivity index (χ1n) is 6.82. The minimum Gasteiger partial charge on any atom is -0.481 e. The van der Waals surface area contributed by atoms with E-state index in [0.717, 1.165) is 4.31 Å². The number of aromatic amines is 1. The van der Waals surface area contributed by atoms with Gasteiger partial charge in [-0.15, -0.1) is 0 Å². The van der Waals surface area contributed by atoms with Crippen LogP contribution in [0.25, 0.3) is 11.1 Å². The maximum Gasteiger partial charge on any atom is 0.417 e. The summed E-state index contributed by atoms with van der Waals surface area (Å²) in [5.41, 5.74) is 0.511. The molecule has 0 radical (unpaired) electrons. The highest BCUT2D eigenvalue weighted by atomic mass is 32.2. The van der Waals surface area contributed by atoms with Gasteiger partial charge in [0.05, 0.1) is 36.1 Å². The van der Waals surface area contributed by atoms with Crippen molar-refractivity contribution in [3.63, 3.8) is 0 Å². The predicted molar refractivity (Wildman–Crippen MR) is 77.6 cm³/mol. The normalized spacial score (nSPS) is 19.9. The fourth-order valence-electron chi connectivity index (χ4n) is 2.54. The van der Waals surface area contributed by atoms with Gasteiger partial charge >= 0.3 is 11.7 Å². The van der Waals surface area contributed by atoms with Crippen molar-refractivity contribution in [2.24, 2.45) is 0 Å². The summed E-state index contributed by atoms with van der Waals surface area (Å²) >= 11 is 0. The summed E-state index contributed by atoms with van der Waals surface area (Å²) in [5, 5.41) is 8.93. The summed E-state index contributed by atoms with van der Waals surface area (Å²) in [4.78, 5) is 24.4. The van der Waals surface area contributed by atoms with E-state index in [4.69, 9.17) is 14.3 Å². The van der Waals surface area contributed by atoms with Gasteiger partial charge in [0.25, 0.3) is 0 Å². The highest BCUT2D eigenvalue weighted by Crippen LogP contribution is 2.24. The maximum absolute atomic E-state index is 12.8. The molecule has 1 fully saturated rings. The molecule has 1 aliphatic rings. The SMILES string of the molecule is O=C(O)CC1COCCN1S(=O)(=O)c1ccc2[nH]c(=O)oc2c1. The fourth-order valence-corrected chi connectivity index (χ4v) is 4.15. The number of aromatic nitrogens is 1. The zero-order valence-corrected chi connectivity index (χ0v) is 12.7. The van der Waals surface area contributed by atoms with E-state index in [9.17, 15) is 18.0 Å². The van der Waals surface area contributed by atoms with Crippen LogP contribution < -0.4 is 5.76 Å². The number of nitrogens with zero attached hydrogens (tertiary/aromatic N) is 1. The number of oxazole rings is 1. The van der Waals surface area contributed by atoms with Crippen LogP contribution in [0.15, 0.2) is 32.3 Å². The largest absolute Gasteiger partial charge is 0.481 e. The Balaban J connectivity index is 2.00. The first-order chi connectivity index (χ1) is 10.9. The van der Waals surface area contributed by atoms with E-state index in [1.165, 1.54) is 18.2 Å². The average Bonchev–Trinajstić information content (AvgIpc) is 2.86. The third kappa shape index (κ3) is 3.00. The molecule has 1 saturated heterocycles. The molecule has 2 heterocycles. The van der Waals surface area contributed by atoms with Crippen molar-refractivity contribution in [3.8, 4) is 0 Å². The van der Waals surface area contributed by atoms with Crippen molar-refractivity contribution in [2.45, 2.75) is 17.4 Å². The molecule has 0 bridgehead atoms. The number of benzene rings is 1. The molecule has 1 aromatic carbocycles. The second-order valence-electron chi connectivity index (χ2n) is 5.11. The van der Waals surface area contributed by atoms with E-state index in [1.54, 1.807) is 0 Å². The Morgan fingerprint density at radius 3 is 2.96 bits per heavy atom. The molecule has 1 aliphatic heterocycles. The van der Waals surface area contributed by atoms with E-state index in [0.29, 0.717) is 5.52 Å². The molecule has 1 atom stereocenters. The Labute approximate surface area is 130 Å². The molecule has 0 amide bonds. The lowest BCUT2D eigenvalue weighted by Gasteiger charge is -2.33. The van der Waals surface area contributed by atoms with Crippen LogP contribution in [-0.4, -0.2) is 54.6 Å². The second-order valence-corrected chi connectivity index (χ2v) is 7.01. The zero-order valence-electron chi connectivity index (χ0n) is 11.9. The Morgan fingerprint density at radius 1 is 1.43 bits per heavy atom.